The summed E-state index contributed by atoms with van der Waals surface area (Å²) in [7, 11) is 0. The lowest BCUT2D eigenvalue weighted by molar-refractivity contribution is 0.569. The van der Waals surface area contributed by atoms with Crippen LogP contribution in [0.1, 0.15) is 79.0 Å². The molecule has 1 heteroatoms. The number of pyridine rings is 1. The second kappa shape index (κ2) is 9.09. The minimum Gasteiger partial charge on any atom is -0.256 e. The third-order valence-corrected chi connectivity index (χ3v) is 7.76. The Hall–Kier alpha value is -3.45. The van der Waals surface area contributed by atoms with Crippen LogP contribution in [0.5, 0.6) is 0 Å². The fourth-order valence-electron chi connectivity index (χ4n) is 5.13. The van der Waals surface area contributed by atoms with Gasteiger partial charge in [-0.2, -0.15) is 0 Å². The lowest BCUT2D eigenvalue weighted by atomic mass is 9.79. The van der Waals surface area contributed by atoms with E-state index in [1.165, 1.54) is 49.4 Å². The molecule has 0 N–H and O–H groups in total. The Balaban J connectivity index is 1.58. The summed E-state index contributed by atoms with van der Waals surface area (Å²) in [6.07, 6.45) is 1.95. The van der Waals surface area contributed by atoms with E-state index in [0.29, 0.717) is 0 Å². The average molecular weight is 500 g/mol. The zero-order valence-corrected chi connectivity index (χ0v) is 24.5. The summed E-state index contributed by atoms with van der Waals surface area (Å²) in [5.41, 5.74) is 9.03. The van der Waals surface area contributed by atoms with E-state index in [-0.39, 0.29) is 16.2 Å². The summed E-state index contributed by atoms with van der Waals surface area (Å²) in [6.45, 7) is 20.6. The van der Waals surface area contributed by atoms with E-state index in [1.54, 1.807) is 0 Å². The number of nitrogens with zero attached hydrogens (tertiary/aromatic N) is 1. The highest BCUT2D eigenvalue weighted by Crippen LogP contribution is 2.36. The first-order valence-corrected chi connectivity index (χ1v) is 13.8. The largest absolute Gasteiger partial charge is 0.256 e. The highest BCUT2D eigenvalue weighted by molar-refractivity contribution is 6.08. The van der Waals surface area contributed by atoms with Gasteiger partial charge in [0.15, 0.2) is 0 Å². The monoisotopic (exact) mass is 499 g/mol. The topological polar surface area (TPSA) is 12.9 Å². The van der Waals surface area contributed by atoms with Gasteiger partial charge in [0.25, 0.3) is 0 Å². The summed E-state index contributed by atoms with van der Waals surface area (Å²) in [5, 5.41) is 5.13. The van der Waals surface area contributed by atoms with Crippen molar-refractivity contribution in [1.29, 1.82) is 0 Å². The van der Waals surface area contributed by atoms with E-state index in [0.717, 1.165) is 11.3 Å². The maximum Gasteiger partial charge on any atom is 0.0708 e. The van der Waals surface area contributed by atoms with Gasteiger partial charge in [-0.1, -0.05) is 123 Å². The molecule has 38 heavy (non-hydrogen) atoms. The second-order valence-corrected chi connectivity index (χ2v) is 13.9. The molecule has 0 atom stereocenters. The number of hydrogen-bond acceptors (Lipinski definition) is 1. The summed E-state index contributed by atoms with van der Waals surface area (Å²) < 4.78 is 0. The van der Waals surface area contributed by atoms with Crippen LogP contribution >= 0.6 is 0 Å². The molecule has 4 aromatic carbocycles. The molecular formula is C37H41N. The Morgan fingerprint density at radius 1 is 0.421 bits per heavy atom. The molecule has 5 rings (SSSR count). The Morgan fingerprint density at radius 3 is 1.55 bits per heavy atom. The molecule has 0 saturated carbocycles. The molecule has 0 bridgehead atoms. The van der Waals surface area contributed by atoms with Gasteiger partial charge in [0.05, 0.1) is 5.69 Å². The molecule has 0 radical (unpaired) electrons. The summed E-state index contributed by atoms with van der Waals surface area (Å²) >= 11 is 0. The molecule has 5 aromatic rings. The third kappa shape index (κ3) is 5.12. The van der Waals surface area contributed by atoms with E-state index >= 15 is 0 Å². The van der Waals surface area contributed by atoms with Crippen molar-refractivity contribution in [2.24, 2.45) is 0 Å². The molecule has 1 nitrogen and oxygen atoms in total. The van der Waals surface area contributed by atoms with Crippen LogP contribution in [0.2, 0.25) is 0 Å². The fourth-order valence-corrected chi connectivity index (χ4v) is 5.13. The SMILES string of the molecule is CC(C)(C)c1cc(-c2ccnc(-c3ccc4c(ccc5cc(C(C)(C)C)ccc54)c3)c2)cc(C(C)(C)C)c1. The zero-order chi connectivity index (χ0) is 27.5. The predicted octanol–water partition coefficient (Wildman–Crippen LogP) is 10.6. The van der Waals surface area contributed by atoms with Crippen LogP contribution in [-0.4, -0.2) is 4.98 Å². The first-order valence-electron chi connectivity index (χ1n) is 13.8. The molecule has 1 aromatic heterocycles. The number of benzene rings is 4. The van der Waals surface area contributed by atoms with Crippen molar-refractivity contribution in [1.82, 2.24) is 4.98 Å². The third-order valence-electron chi connectivity index (χ3n) is 7.76. The van der Waals surface area contributed by atoms with Crippen molar-refractivity contribution in [3.8, 4) is 22.4 Å². The molecule has 0 spiro atoms. The van der Waals surface area contributed by atoms with E-state index in [1.807, 2.05) is 6.20 Å². The normalized spacial score (nSPS) is 12.9. The Morgan fingerprint density at radius 2 is 0.974 bits per heavy atom. The molecule has 0 aliphatic rings. The van der Waals surface area contributed by atoms with Gasteiger partial charge in [-0.3, -0.25) is 4.98 Å². The van der Waals surface area contributed by atoms with Crippen LogP contribution < -0.4 is 0 Å². The van der Waals surface area contributed by atoms with Gasteiger partial charge < -0.3 is 0 Å². The Kier molecular flexibility index (Phi) is 6.26. The van der Waals surface area contributed by atoms with E-state index in [4.69, 9.17) is 4.98 Å². The molecular weight excluding hydrogens is 458 g/mol. The van der Waals surface area contributed by atoms with Crippen LogP contribution in [0.3, 0.4) is 0 Å². The summed E-state index contributed by atoms with van der Waals surface area (Å²) in [5.74, 6) is 0. The van der Waals surface area contributed by atoms with Gasteiger partial charge in [0, 0.05) is 11.8 Å². The highest BCUT2D eigenvalue weighted by Gasteiger charge is 2.21. The van der Waals surface area contributed by atoms with Crippen LogP contribution in [-0.2, 0) is 16.2 Å². The van der Waals surface area contributed by atoms with Crippen molar-refractivity contribution >= 4 is 21.5 Å². The lowest BCUT2D eigenvalue weighted by Gasteiger charge is -2.26. The van der Waals surface area contributed by atoms with Crippen molar-refractivity contribution in [3.05, 3.63) is 102 Å². The molecule has 0 aliphatic carbocycles. The number of hydrogen-bond donors (Lipinski definition) is 0. The molecule has 0 unspecified atom stereocenters. The molecule has 0 aliphatic heterocycles. The maximum atomic E-state index is 4.79. The fraction of sp³-hybridized carbons (Fsp3) is 0.324. The van der Waals surface area contributed by atoms with Gasteiger partial charge in [-0.25, -0.2) is 0 Å². The van der Waals surface area contributed by atoms with Crippen molar-refractivity contribution in [2.45, 2.75) is 78.6 Å². The second-order valence-electron chi connectivity index (χ2n) is 13.9. The van der Waals surface area contributed by atoms with Crippen molar-refractivity contribution in [3.63, 3.8) is 0 Å². The van der Waals surface area contributed by atoms with E-state index < -0.39 is 0 Å². The minimum absolute atomic E-state index is 0.0840. The van der Waals surface area contributed by atoms with E-state index in [9.17, 15) is 0 Å². The van der Waals surface area contributed by atoms with Crippen LogP contribution in [0.25, 0.3) is 43.9 Å². The lowest BCUT2D eigenvalue weighted by Crippen LogP contribution is -2.16. The van der Waals surface area contributed by atoms with Crippen molar-refractivity contribution < 1.29 is 0 Å². The zero-order valence-electron chi connectivity index (χ0n) is 24.5. The molecule has 1 heterocycles. The predicted molar refractivity (Wildman–Crippen MR) is 166 cm³/mol. The van der Waals surface area contributed by atoms with Crippen LogP contribution in [0.4, 0.5) is 0 Å². The van der Waals surface area contributed by atoms with Gasteiger partial charge >= 0.3 is 0 Å². The van der Waals surface area contributed by atoms with Gasteiger partial charge in [0.2, 0.25) is 0 Å². The van der Waals surface area contributed by atoms with Gasteiger partial charge in [0.1, 0.15) is 0 Å². The number of fused-ring (bicyclic) bond motifs is 3. The quantitative estimate of drug-likeness (QED) is 0.220. The minimum atomic E-state index is 0.0840. The smallest absolute Gasteiger partial charge is 0.0708 e. The highest BCUT2D eigenvalue weighted by atomic mass is 14.7. The number of rotatable bonds is 2. The average Bonchev–Trinajstić information content (AvgIpc) is 2.86. The first-order chi connectivity index (χ1) is 17.7. The standard InChI is InChI=1S/C37H41N/c1-35(2,3)29-13-15-33-26(19-29)11-10-25-18-27(12-14-32(25)33)34-22-24(16-17-38-34)28-20-30(36(4,5)6)23-31(21-28)37(7,8)9/h10-23H,1-9H3. The Labute approximate surface area is 229 Å². The van der Waals surface area contributed by atoms with Crippen LogP contribution in [0.15, 0.2) is 85.1 Å². The number of aromatic nitrogens is 1. The molecule has 0 saturated heterocycles. The molecule has 194 valence electrons. The Bertz CT molecular complexity index is 1620. The first kappa shape index (κ1) is 26.2. The molecule has 0 fully saturated rings. The van der Waals surface area contributed by atoms with E-state index in [2.05, 4.69) is 141 Å². The van der Waals surface area contributed by atoms with Crippen LogP contribution in [0, 0.1) is 0 Å². The van der Waals surface area contributed by atoms with Gasteiger partial charge in [-0.05, 0) is 83.8 Å². The van der Waals surface area contributed by atoms with Crippen molar-refractivity contribution in [2.75, 3.05) is 0 Å². The van der Waals surface area contributed by atoms with Gasteiger partial charge in [-0.15, -0.1) is 0 Å². The molecule has 0 amide bonds. The maximum absolute atomic E-state index is 4.79. The summed E-state index contributed by atoms with van der Waals surface area (Å²) in [6, 6.07) is 29.6. The summed E-state index contributed by atoms with van der Waals surface area (Å²) in [4.78, 5) is 4.79.